The molecule has 1 aromatic carbocycles. The Kier molecular flexibility index (Phi) is 5.56. The van der Waals surface area contributed by atoms with Crippen molar-refractivity contribution < 1.29 is 14.2 Å². The molecule has 0 unspecified atom stereocenters. The number of ether oxygens (including phenoxy) is 1. The van der Waals surface area contributed by atoms with Gasteiger partial charge in [0.15, 0.2) is 11.6 Å². The summed E-state index contributed by atoms with van der Waals surface area (Å²) in [4.78, 5) is 0. The summed E-state index contributed by atoms with van der Waals surface area (Å²) in [6.07, 6.45) is 0.861. The molecule has 102 valence electrons. The number of benzene rings is 1. The molecule has 0 saturated carbocycles. The van der Waals surface area contributed by atoms with Crippen molar-refractivity contribution >= 4 is 0 Å². The van der Waals surface area contributed by atoms with Crippen molar-refractivity contribution in [2.45, 2.75) is 38.8 Å². The van der Waals surface area contributed by atoms with Gasteiger partial charge in [0.25, 0.3) is 0 Å². The summed E-state index contributed by atoms with van der Waals surface area (Å²) in [6, 6.07) is 3.97. The van der Waals surface area contributed by atoms with Gasteiger partial charge in [-0.1, -0.05) is 19.9 Å². The van der Waals surface area contributed by atoms with Crippen molar-refractivity contribution in [2.24, 2.45) is 11.7 Å². The van der Waals surface area contributed by atoms with Gasteiger partial charge in [-0.3, -0.25) is 0 Å². The van der Waals surface area contributed by atoms with Crippen LogP contribution in [0.25, 0.3) is 0 Å². The summed E-state index contributed by atoms with van der Waals surface area (Å²) >= 11 is 0. The normalized spacial score (nSPS) is 14.6. The summed E-state index contributed by atoms with van der Waals surface area (Å²) in [5.74, 6) is 0.239. The van der Waals surface area contributed by atoms with Crippen LogP contribution in [0.4, 0.5) is 4.39 Å². The van der Waals surface area contributed by atoms with E-state index in [4.69, 9.17) is 10.5 Å². The molecule has 2 atom stereocenters. The smallest absolute Gasteiger partial charge is 0.165 e. The van der Waals surface area contributed by atoms with Gasteiger partial charge in [0.2, 0.25) is 0 Å². The van der Waals surface area contributed by atoms with Crippen molar-refractivity contribution in [1.82, 2.24) is 0 Å². The Balaban J connectivity index is 2.71. The van der Waals surface area contributed by atoms with Crippen LogP contribution in [0.3, 0.4) is 0 Å². The molecule has 3 N–H and O–H groups in total. The fraction of sp³-hybridized carbons (Fsp3) is 0.571. The first-order valence-electron chi connectivity index (χ1n) is 6.22. The van der Waals surface area contributed by atoms with Gasteiger partial charge in [-0.15, -0.1) is 0 Å². The SMILES string of the molecule is COc1ccc([C@@H](N)[C@@H](O)CCC(C)C)cc1F. The number of rotatable bonds is 6. The highest BCUT2D eigenvalue weighted by Crippen LogP contribution is 2.24. The lowest BCUT2D eigenvalue weighted by Crippen LogP contribution is -2.26. The lowest BCUT2D eigenvalue weighted by atomic mass is 9.96. The van der Waals surface area contributed by atoms with Crippen LogP contribution in [-0.4, -0.2) is 18.3 Å². The van der Waals surface area contributed by atoms with E-state index in [1.165, 1.54) is 19.2 Å². The fourth-order valence-electron chi connectivity index (χ4n) is 1.80. The van der Waals surface area contributed by atoms with E-state index < -0.39 is 18.0 Å². The number of hydrogen-bond donors (Lipinski definition) is 2. The molecular formula is C14H22FNO2. The summed E-state index contributed by atoms with van der Waals surface area (Å²) in [5.41, 5.74) is 6.52. The Hall–Kier alpha value is -1.13. The molecule has 0 radical (unpaired) electrons. The van der Waals surface area contributed by atoms with Gasteiger partial charge in [0.05, 0.1) is 19.3 Å². The van der Waals surface area contributed by atoms with E-state index in [1.807, 2.05) is 0 Å². The molecule has 0 spiro atoms. The van der Waals surface area contributed by atoms with Gasteiger partial charge in [-0.2, -0.15) is 0 Å². The number of hydrogen-bond acceptors (Lipinski definition) is 3. The monoisotopic (exact) mass is 255 g/mol. The molecular weight excluding hydrogens is 233 g/mol. The second-order valence-corrected chi connectivity index (χ2v) is 4.96. The fourth-order valence-corrected chi connectivity index (χ4v) is 1.80. The maximum Gasteiger partial charge on any atom is 0.165 e. The van der Waals surface area contributed by atoms with E-state index in [0.29, 0.717) is 17.9 Å². The Bertz CT molecular complexity index is 382. The van der Waals surface area contributed by atoms with Crippen LogP contribution in [0.15, 0.2) is 18.2 Å². The third kappa shape index (κ3) is 3.96. The molecule has 0 amide bonds. The molecule has 1 rings (SSSR count). The Morgan fingerprint density at radius 1 is 1.33 bits per heavy atom. The van der Waals surface area contributed by atoms with Gasteiger partial charge in [0.1, 0.15) is 0 Å². The standard InChI is InChI=1S/C14H22FNO2/c1-9(2)4-6-12(17)14(16)10-5-7-13(18-3)11(15)8-10/h5,7-9,12,14,17H,4,6,16H2,1-3H3/t12-,14+/m0/s1. The Labute approximate surface area is 108 Å². The van der Waals surface area contributed by atoms with Gasteiger partial charge >= 0.3 is 0 Å². The zero-order valence-corrected chi connectivity index (χ0v) is 11.2. The molecule has 3 nitrogen and oxygen atoms in total. The molecule has 0 bridgehead atoms. The average Bonchev–Trinajstić information content (AvgIpc) is 2.34. The molecule has 4 heteroatoms. The number of aliphatic hydroxyl groups excluding tert-OH is 1. The largest absolute Gasteiger partial charge is 0.494 e. The van der Waals surface area contributed by atoms with Crippen LogP contribution in [0, 0.1) is 11.7 Å². The van der Waals surface area contributed by atoms with Crippen LogP contribution in [0.2, 0.25) is 0 Å². The third-order valence-electron chi connectivity index (χ3n) is 3.02. The quantitative estimate of drug-likeness (QED) is 0.821. The predicted molar refractivity (Wildman–Crippen MR) is 70.0 cm³/mol. The lowest BCUT2D eigenvalue weighted by molar-refractivity contribution is 0.128. The van der Waals surface area contributed by atoms with Gasteiger partial charge in [-0.25, -0.2) is 4.39 Å². The topological polar surface area (TPSA) is 55.5 Å². The number of nitrogens with two attached hydrogens (primary N) is 1. The van der Waals surface area contributed by atoms with Crippen molar-refractivity contribution in [3.63, 3.8) is 0 Å². The minimum atomic E-state index is -0.653. The first-order chi connectivity index (χ1) is 8.45. The highest BCUT2D eigenvalue weighted by Gasteiger charge is 2.18. The van der Waals surface area contributed by atoms with Crippen LogP contribution in [0.1, 0.15) is 38.3 Å². The minimum Gasteiger partial charge on any atom is -0.494 e. The second kappa shape index (κ2) is 6.71. The van der Waals surface area contributed by atoms with Gasteiger partial charge in [-0.05, 0) is 36.5 Å². The summed E-state index contributed by atoms with van der Waals surface area (Å²) < 4.78 is 18.4. The van der Waals surface area contributed by atoms with E-state index in [9.17, 15) is 9.50 Å². The Morgan fingerprint density at radius 2 is 2.00 bits per heavy atom. The van der Waals surface area contributed by atoms with E-state index in [2.05, 4.69) is 13.8 Å². The molecule has 0 saturated heterocycles. The van der Waals surface area contributed by atoms with Crippen molar-refractivity contribution in [1.29, 1.82) is 0 Å². The molecule has 0 aliphatic rings. The molecule has 18 heavy (non-hydrogen) atoms. The third-order valence-corrected chi connectivity index (χ3v) is 3.02. The first-order valence-corrected chi connectivity index (χ1v) is 6.22. The number of halogens is 1. The lowest BCUT2D eigenvalue weighted by Gasteiger charge is -2.20. The maximum atomic E-state index is 13.5. The first kappa shape index (κ1) is 14.9. The second-order valence-electron chi connectivity index (χ2n) is 4.96. The van der Waals surface area contributed by atoms with Gasteiger partial charge in [0, 0.05) is 0 Å². The molecule has 0 fully saturated rings. The highest BCUT2D eigenvalue weighted by atomic mass is 19.1. The average molecular weight is 255 g/mol. The number of aliphatic hydroxyl groups is 1. The van der Waals surface area contributed by atoms with Crippen LogP contribution < -0.4 is 10.5 Å². The Morgan fingerprint density at radius 3 is 2.50 bits per heavy atom. The molecule has 0 aliphatic carbocycles. The minimum absolute atomic E-state index is 0.183. The van der Waals surface area contributed by atoms with Crippen LogP contribution in [0.5, 0.6) is 5.75 Å². The molecule has 0 heterocycles. The predicted octanol–water partition coefficient (Wildman–Crippen LogP) is 2.63. The zero-order valence-electron chi connectivity index (χ0n) is 11.2. The highest BCUT2D eigenvalue weighted by molar-refractivity contribution is 5.31. The van der Waals surface area contributed by atoms with Gasteiger partial charge < -0.3 is 15.6 Å². The summed E-state index contributed by atoms with van der Waals surface area (Å²) in [6.45, 7) is 4.18. The molecule has 0 aliphatic heterocycles. The van der Waals surface area contributed by atoms with E-state index in [1.54, 1.807) is 6.07 Å². The van der Waals surface area contributed by atoms with E-state index >= 15 is 0 Å². The summed E-state index contributed by atoms with van der Waals surface area (Å²) in [5, 5.41) is 9.96. The van der Waals surface area contributed by atoms with Crippen molar-refractivity contribution in [3.8, 4) is 5.75 Å². The maximum absolute atomic E-state index is 13.5. The molecule has 1 aromatic rings. The zero-order chi connectivity index (χ0) is 13.7. The van der Waals surface area contributed by atoms with Crippen molar-refractivity contribution in [3.05, 3.63) is 29.6 Å². The number of methoxy groups -OCH3 is 1. The van der Waals surface area contributed by atoms with Crippen LogP contribution in [-0.2, 0) is 0 Å². The summed E-state index contributed by atoms with van der Waals surface area (Å²) in [7, 11) is 1.41. The molecule has 0 aromatic heterocycles. The van der Waals surface area contributed by atoms with Crippen molar-refractivity contribution in [2.75, 3.05) is 7.11 Å². The van der Waals surface area contributed by atoms with E-state index in [-0.39, 0.29) is 5.75 Å². The van der Waals surface area contributed by atoms with Crippen LogP contribution >= 0.6 is 0 Å². The van der Waals surface area contributed by atoms with E-state index in [0.717, 1.165) is 6.42 Å².